The summed E-state index contributed by atoms with van der Waals surface area (Å²) in [5, 5.41) is 3.34. The molecular weight excluding hydrogens is 316 g/mol. The Morgan fingerprint density at radius 2 is 1.72 bits per heavy atom. The highest BCUT2D eigenvalue weighted by Crippen LogP contribution is 2.17. The molecule has 1 rings (SSSR count). The Balaban J connectivity index is 2.45. The molecule has 0 saturated carbocycles. The van der Waals surface area contributed by atoms with Crippen molar-refractivity contribution in [3.63, 3.8) is 0 Å². The van der Waals surface area contributed by atoms with Crippen LogP contribution in [-0.2, 0) is 16.7 Å². The number of ether oxygens (including phenoxy) is 1. The smallest absolute Gasteiger partial charge is 0.410 e. The van der Waals surface area contributed by atoms with E-state index in [0.717, 1.165) is 17.8 Å². The molecule has 0 atom stereocenters. The Morgan fingerprint density at radius 1 is 1.12 bits per heavy atom. The number of hydrogen-bond acceptors (Lipinski definition) is 5. The van der Waals surface area contributed by atoms with Crippen molar-refractivity contribution < 1.29 is 9.53 Å². The largest absolute Gasteiger partial charge is 0.444 e. The molecule has 0 fully saturated rings. The van der Waals surface area contributed by atoms with E-state index in [1.807, 2.05) is 33.2 Å². The second-order valence-corrected chi connectivity index (χ2v) is 8.31. The molecule has 6 heteroatoms. The van der Waals surface area contributed by atoms with Crippen LogP contribution < -0.4 is 5.32 Å². The van der Waals surface area contributed by atoms with Gasteiger partial charge in [0.15, 0.2) is 0 Å². The summed E-state index contributed by atoms with van der Waals surface area (Å²) in [5.41, 5.74) is 0.523. The first kappa shape index (κ1) is 21.4. The minimum Gasteiger partial charge on any atom is -0.444 e. The van der Waals surface area contributed by atoms with Crippen LogP contribution in [0.25, 0.3) is 0 Å². The molecule has 0 aliphatic carbocycles. The van der Waals surface area contributed by atoms with Crippen molar-refractivity contribution in [2.75, 3.05) is 19.6 Å². The van der Waals surface area contributed by atoms with Crippen LogP contribution in [0, 0.1) is 0 Å². The Kier molecular flexibility index (Phi) is 7.80. The first-order valence-corrected chi connectivity index (χ1v) is 9.03. The third-order valence-electron chi connectivity index (χ3n) is 3.41. The van der Waals surface area contributed by atoms with Crippen molar-refractivity contribution in [2.24, 2.45) is 0 Å². The maximum atomic E-state index is 12.2. The number of carbonyl (C=O) groups is 1. The molecule has 1 aromatic rings. The molecule has 1 aromatic heterocycles. The lowest BCUT2D eigenvalue weighted by Crippen LogP contribution is -2.40. The van der Waals surface area contributed by atoms with E-state index in [4.69, 9.17) is 4.74 Å². The van der Waals surface area contributed by atoms with Crippen LogP contribution in [0.2, 0.25) is 0 Å². The molecule has 6 nitrogen and oxygen atoms in total. The second kappa shape index (κ2) is 9.13. The van der Waals surface area contributed by atoms with Gasteiger partial charge in [0, 0.05) is 49.6 Å². The zero-order chi connectivity index (χ0) is 19.1. The summed E-state index contributed by atoms with van der Waals surface area (Å²) < 4.78 is 5.45. The number of amides is 1. The second-order valence-electron chi connectivity index (χ2n) is 8.31. The van der Waals surface area contributed by atoms with E-state index < -0.39 is 5.60 Å². The summed E-state index contributed by atoms with van der Waals surface area (Å²) in [5.74, 6) is 0.843. The molecule has 1 N–H and O–H groups in total. The lowest BCUT2D eigenvalue weighted by Gasteiger charge is -2.27. The molecule has 0 spiro atoms. The van der Waals surface area contributed by atoms with Gasteiger partial charge in [-0.1, -0.05) is 27.7 Å². The van der Waals surface area contributed by atoms with Crippen molar-refractivity contribution in [3.8, 4) is 0 Å². The van der Waals surface area contributed by atoms with Gasteiger partial charge in [-0.3, -0.25) is 0 Å². The van der Waals surface area contributed by atoms with Gasteiger partial charge < -0.3 is 15.0 Å². The maximum Gasteiger partial charge on any atom is 0.410 e. The monoisotopic (exact) mass is 350 g/mol. The third-order valence-corrected chi connectivity index (χ3v) is 3.41. The van der Waals surface area contributed by atoms with Gasteiger partial charge in [0.2, 0.25) is 0 Å². The molecule has 25 heavy (non-hydrogen) atoms. The van der Waals surface area contributed by atoms with Gasteiger partial charge in [-0.25, -0.2) is 14.8 Å². The predicted octanol–water partition coefficient (Wildman–Crippen LogP) is 3.51. The predicted molar refractivity (Wildman–Crippen MR) is 101 cm³/mol. The van der Waals surface area contributed by atoms with Crippen molar-refractivity contribution in [3.05, 3.63) is 23.8 Å². The molecule has 0 aliphatic rings. The van der Waals surface area contributed by atoms with Crippen LogP contribution in [-0.4, -0.2) is 46.2 Å². The van der Waals surface area contributed by atoms with Crippen LogP contribution in [0.3, 0.4) is 0 Å². The summed E-state index contributed by atoms with van der Waals surface area (Å²) in [6.07, 6.45) is 4.37. The van der Waals surface area contributed by atoms with E-state index in [2.05, 4.69) is 43.0 Å². The van der Waals surface area contributed by atoms with E-state index in [0.29, 0.717) is 26.2 Å². The van der Waals surface area contributed by atoms with Gasteiger partial charge >= 0.3 is 6.09 Å². The zero-order valence-corrected chi connectivity index (χ0v) is 16.8. The van der Waals surface area contributed by atoms with Crippen LogP contribution in [0.5, 0.6) is 0 Å². The van der Waals surface area contributed by atoms with Gasteiger partial charge in [0.1, 0.15) is 11.4 Å². The molecule has 0 radical (unpaired) electrons. The average molecular weight is 351 g/mol. The normalized spacial score (nSPS) is 12.1. The van der Waals surface area contributed by atoms with E-state index >= 15 is 0 Å². The SMILES string of the molecule is CCCN(CCNCc1cnc(C(C)(C)C)nc1)C(=O)OC(C)(C)C. The van der Waals surface area contributed by atoms with Crippen molar-refractivity contribution in [2.45, 2.75) is 72.4 Å². The average Bonchev–Trinajstić information content (AvgIpc) is 2.48. The van der Waals surface area contributed by atoms with E-state index in [-0.39, 0.29) is 11.5 Å². The standard InChI is InChI=1S/C19H34N4O2/c1-8-10-23(17(24)25-19(5,6)7)11-9-20-12-15-13-21-16(22-14-15)18(2,3)4/h13-14,20H,8-12H2,1-7H3. The third kappa shape index (κ3) is 8.29. The molecule has 0 aromatic carbocycles. The number of carbonyl (C=O) groups excluding carboxylic acids is 1. The maximum absolute atomic E-state index is 12.2. The highest BCUT2D eigenvalue weighted by Gasteiger charge is 2.21. The van der Waals surface area contributed by atoms with E-state index in [9.17, 15) is 4.79 Å². The molecular formula is C19H34N4O2. The zero-order valence-electron chi connectivity index (χ0n) is 16.8. The molecule has 142 valence electrons. The minimum atomic E-state index is -0.470. The minimum absolute atomic E-state index is 0.0416. The fourth-order valence-electron chi connectivity index (χ4n) is 2.17. The van der Waals surface area contributed by atoms with Gasteiger partial charge in [-0.2, -0.15) is 0 Å². The van der Waals surface area contributed by atoms with Crippen molar-refractivity contribution >= 4 is 6.09 Å². The summed E-state index contributed by atoms with van der Waals surface area (Å²) in [7, 11) is 0. The molecule has 0 saturated heterocycles. The summed E-state index contributed by atoms with van der Waals surface area (Å²) in [6.45, 7) is 16.7. The molecule has 1 amide bonds. The summed E-state index contributed by atoms with van der Waals surface area (Å²) in [6, 6.07) is 0. The summed E-state index contributed by atoms with van der Waals surface area (Å²) >= 11 is 0. The highest BCUT2D eigenvalue weighted by molar-refractivity contribution is 5.68. The van der Waals surface area contributed by atoms with Crippen LogP contribution in [0.1, 0.15) is 66.3 Å². The molecule has 0 aliphatic heterocycles. The fraction of sp³-hybridized carbons (Fsp3) is 0.737. The van der Waals surface area contributed by atoms with E-state index in [1.54, 1.807) is 4.90 Å². The van der Waals surface area contributed by atoms with Crippen LogP contribution in [0.15, 0.2) is 12.4 Å². The lowest BCUT2D eigenvalue weighted by molar-refractivity contribution is 0.0252. The van der Waals surface area contributed by atoms with Crippen LogP contribution in [0.4, 0.5) is 4.79 Å². The Bertz CT molecular complexity index is 530. The number of nitrogens with one attached hydrogen (secondary N) is 1. The van der Waals surface area contributed by atoms with Gasteiger partial charge in [0.05, 0.1) is 0 Å². The highest BCUT2D eigenvalue weighted by atomic mass is 16.6. The molecule has 0 unspecified atom stereocenters. The van der Waals surface area contributed by atoms with Crippen molar-refractivity contribution in [1.82, 2.24) is 20.2 Å². The van der Waals surface area contributed by atoms with Gasteiger partial charge in [-0.15, -0.1) is 0 Å². The number of rotatable bonds is 7. The Morgan fingerprint density at radius 3 is 2.20 bits per heavy atom. The lowest BCUT2D eigenvalue weighted by atomic mass is 9.96. The molecule has 1 heterocycles. The van der Waals surface area contributed by atoms with Gasteiger partial charge in [0.25, 0.3) is 0 Å². The number of hydrogen-bond donors (Lipinski definition) is 1. The molecule has 0 bridgehead atoms. The number of nitrogens with zero attached hydrogens (tertiary/aromatic N) is 3. The Labute approximate surface area is 152 Å². The fourth-order valence-corrected chi connectivity index (χ4v) is 2.17. The van der Waals surface area contributed by atoms with E-state index in [1.165, 1.54) is 0 Å². The summed E-state index contributed by atoms with van der Waals surface area (Å²) in [4.78, 5) is 22.8. The Hall–Kier alpha value is -1.69. The quantitative estimate of drug-likeness (QED) is 0.762. The first-order chi connectivity index (χ1) is 11.5. The van der Waals surface area contributed by atoms with Crippen molar-refractivity contribution in [1.29, 1.82) is 0 Å². The van der Waals surface area contributed by atoms with Gasteiger partial charge in [-0.05, 0) is 27.2 Å². The van der Waals surface area contributed by atoms with Crippen LogP contribution >= 0.6 is 0 Å². The number of aromatic nitrogens is 2. The first-order valence-electron chi connectivity index (χ1n) is 9.03. The topological polar surface area (TPSA) is 67.3 Å².